The Balaban J connectivity index is 1.85. The fourth-order valence-corrected chi connectivity index (χ4v) is 2.38. The average molecular weight is 373 g/mol. The SMILES string of the molecule is COc1ccc(C(=O)NCc2ccc(OCCCC(=O)O)cc2)cc1OC. The Bertz CT molecular complexity index is 773. The molecule has 0 bridgehead atoms. The molecule has 144 valence electrons. The first-order valence-electron chi connectivity index (χ1n) is 8.47. The third-order valence-corrected chi connectivity index (χ3v) is 3.83. The number of amides is 1. The lowest BCUT2D eigenvalue weighted by Crippen LogP contribution is -2.22. The molecular weight excluding hydrogens is 350 g/mol. The van der Waals surface area contributed by atoms with Gasteiger partial charge in [-0.2, -0.15) is 0 Å². The summed E-state index contributed by atoms with van der Waals surface area (Å²) < 4.78 is 15.8. The predicted molar refractivity (Wildman–Crippen MR) is 99.5 cm³/mol. The van der Waals surface area contributed by atoms with E-state index >= 15 is 0 Å². The van der Waals surface area contributed by atoms with Gasteiger partial charge in [0, 0.05) is 18.5 Å². The number of carboxylic acids is 1. The van der Waals surface area contributed by atoms with Crippen LogP contribution in [-0.2, 0) is 11.3 Å². The van der Waals surface area contributed by atoms with Gasteiger partial charge in [0.15, 0.2) is 11.5 Å². The Morgan fingerprint density at radius 2 is 1.70 bits per heavy atom. The van der Waals surface area contributed by atoms with E-state index in [0.29, 0.717) is 42.4 Å². The number of rotatable bonds is 10. The van der Waals surface area contributed by atoms with Crippen LogP contribution in [0, 0.1) is 0 Å². The first-order chi connectivity index (χ1) is 13.0. The van der Waals surface area contributed by atoms with Crippen molar-refractivity contribution >= 4 is 11.9 Å². The number of ether oxygens (including phenoxy) is 3. The zero-order valence-electron chi connectivity index (χ0n) is 15.4. The van der Waals surface area contributed by atoms with Crippen LogP contribution in [0.25, 0.3) is 0 Å². The molecule has 0 aromatic heterocycles. The lowest BCUT2D eigenvalue weighted by molar-refractivity contribution is -0.137. The molecule has 27 heavy (non-hydrogen) atoms. The number of benzene rings is 2. The van der Waals surface area contributed by atoms with Gasteiger partial charge in [-0.05, 0) is 42.3 Å². The van der Waals surface area contributed by atoms with Gasteiger partial charge in [-0.1, -0.05) is 12.1 Å². The number of hydrogen-bond acceptors (Lipinski definition) is 5. The van der Waals surface area contributed by atoms with Crippen LogP contribution in [0.2, 0.25) is 0 Å². The second-order valence-corrected chi connectivity index (χ2v) is 5.74. The third kappa shape index (κ3) is 6.22. The second-order valence-electron chi connectivity index (χ2n) is 5.74. The summed E-state index contributed by atoms with van der Waals surface area (Å²) in [6.45, 7) is 0.716. The summed E-state index contributed by atoms with van der Waals surface area (Å²) in [6, 6.07) is 12.3. The minimum Gasteiger partial charge on any atom is -0.494 e. The lowest BCUT2D eigenvalue weighted by atomic mass is 10.1. The summed E-state index contributed by atoms with van der Waals surface area (Å²) in [4.78, 5) is 22.8. The van der Waals surface area contributed by atoms with E-state index in [0.717, 1.165) is 5.56 Å². The van der Waals surface area contributed by atoms with E-state index in [4.69, 9.17) is 19.3 Å². The Morgan fingerprint density at radius 1 is 1.00 bits per heavy atom. The fraction of sp³-hybridized carbons (Fsp3) is 0.300. The van der Waals surface area contributed by atoms with Crippen LogP contribution in [-0.4, -0.2) is 37.8 Å². The molecule has 0 unspecified atom stereocenters. The standard InChI is InChI=1S/C20H23NO6/c1-25-17-10-7-15(12-18(17)26-2)20(24)21-13-14-5-8-16(9-6-14)27-11-3-4-19(22)23/h5-10,12H,3-4,11,13H2,1-2H3,(H,21,24)(H,22,23). The van der Waals surface area contributed by atoms with Crippen LogP contribution in [0.4, 0.5) is 0 Å². The molecule has 7 nitrogen and oxygen atoms in total. The molecule has 2 aromatic carbocycles. The van der Waals surface area contributed by atoms with Crippen molar-refractivity contribution in [1.29, 1.82) is 0 Å². The van der Waals surface area contributed by atoms with E-state index in [1.54, 1.807) is 30.3 Å². The summed E-state index contributed by atoms with van der Waals surface area (Å²) in [5, 5.41) is 11.4. The van der Waals surface area contributed by atoms with Crippen LogP contribution in [0.5, 0.6) is 17.2 Å². The highest BCUT2D eigenvalue weighted by molar-refractivity contribution is 5.94. The molecular formula is C20H23NO6. The van der Waals surface area contributed by atoms with Crippen molar-refractivity contribution in [2.75, 3.05) is 20.8 Å². The van der Waals surface area contributed by atoms with Crippen molar-refractivity contribution in [1.82, 2.24) is 5.32 Å². The quantitative estimate of drug-likeness (QED) is 0.622. The minimum atomic E-state index is -0.834. The zero-order valence-corrected chi connectivity index (χ0v) is 15.4. The molecule has 0 saturated heterocycles. The van der Waals surface area contributed by atoms with Crippen molar-refractivity contribution in [3.05, 3.63) is 53.6 Å². The fourth-order valence-electron chi connectivity index (χ4n) is 2.38. The molecule has 0 spiro atoms. The summed E-state index contributed by atoms with van der Waals surface area (Å²) in [5.41, 5.74) is 1.40. The van der Waals surface area contributed by atoms with Gasteiger partial charge in [-0.3, -0.25) is 9.59 Å². The number of methoxy groups -OCH3 is 2. The minimum absolute atomic E-state index is 0.0836. The second kappa shape index (κ2) is 10.1. The lowest BCUT2D eigenvalue weighted by Gasteiger charge is -2.10. The molecule has 0 aliphatic rings. The van der Waals surface area contributed by atoms with Crippen molar-refractivity contribution in [2.45, 2.75) is 19.4 Å². The van der Waals surface area contributed by atoms with E-state index in [-0.39, 0.29) is 12.3 Å². The highest BCUT2D eigenvalue weighted by Crippen LogP contribution is 2.27. The molecule has 2 rings (SSSR count). The molecule has 0 saturated carbocycles. The highest BCUT2D eigenvalue weighted by atomic mass is 16.5. The number of hydrogen-bond donors (Lipinski definition) is 2. The summed E-state index contributed by atoms with van der Waals surface area (Å²) in [6.07, 6.45) is 0.540. The van der Waals surface area contributed by atoms with Gasteiger partial charge in [0.05, 0.1) is 20.8 Å². The average Bonchev–Trinajstić information content (AvgIpc) is 2.69. The molecule has 0 atom stereocenters. The first kappa shape index (κ1) is 20.1. The number of carboxylic acid groups (broad SMARTS) is 1. The Labute approximate surface area is 157 Å². The first-order valence-corrected chi connectivity index (χ1v) is 8.47. The molecule has 0 aliphatic carbocycles. The molecule has 2 aromatic rings. The summed E-state index contributed by atoms with van der Waals surface area (Å²) in [7, 11) is 3.06. The number of aliphatic carboxylic acids is 1. The number of carbonyl (C=O) groups excluding carboxylic acids is 1. The molecule has 0 aliphatic heterocycles. The van der Waals surface area contributed by atoms with Gasteiger partial charge in [-0.15, -0.1) is 0 Å². The Morgan fingerprint density at radius 3 is 2.33 bits per heavy atom. The van der Waals surface area contributed by atoms with Crippen LogP contribution in [0.3, 0.4) is 0 Å². The maximum Gasteiger partial charge on any atom is 0.303 e. The molecule has 1 amide bonds. The predicted octanol–water partition coefficient (Wildman–Crippen LogP) is 2.88. The van der Waals surface area contributed by atoms with Crippen molar-refractivity contribution < 1.29 is 28.9 Å². The van der Waals surface area contributed by atoms with E-state index in [9.17, 15) is 9.59 Å². The largest absolute Gasteiger partial charge is 0.494 e. The number of carbonyl (C=O) groups is 2. The van der Waals surface area contributed by atoms with Gasteiger partial charge in [0.25, 0.3) is 5.91 Å². The van der Waals surface area contributed by atoms with Gasteiger partial charge in [0.1, 0.15) is 5.75 Å². The summed E-state index contributed by atoms with van der Waals surface area (Å²) in [5.74, 6) is 0.669. The van der Waals surface area contributed by atoms with E-state index < -0.39 is 5.97 Å². The topological polar surface area (TPSA) is 94.1 Å². The van der Waals surface area contributed by atoms with E-state index in [1.165, 1.54) is 14.2 Å². The van der Waals surface area contributed by atoms with Crippen molar-refractivity contribution in [3.63, 3.8) is 0 Å². The van der Waals surface area contributed by atoms with Crippen molar-refractivity contribution in [3.8, 4) is 17.2 Å². The molecule has 2 N–H and O–H groups in total. The van der Waals surface area contributed by atoms with Gasteiger partial charge in [0.2, 0.25) is 0 Å². The molecule has 0 radical (unpaired) electrons. The summed E-state index contributed by atoms with van der Waals surface area (Å²) >= 11 is 0. The molecule has 0 heterocycles. The normalized spacial score (nSPS) is 10.1. The maximum atomic E-state index is 12.3. The van der Waals surface area contributed by atoms with E-state index in [1.807, 2.05) is 12.1 Å². The van der Waals surface area contributed by atoms with Crippen molar-refractivity contribution in [2.24, 2.45) is 0 Å². The van der Waals surface area contributed by atoms with Gasteiger partial charge < -0.3 is 24.6 Å². The molecule has 7 heteroatoms. The number of nitrogens with one attached hydrogen (secondary N) is 1. The van der Waals surface area contributed by atoms with Gasteiger partial charge >= 0.3 is 5.97 Å². The van der Waals surface area contributed by atoms with Gasteiger partial charge in [-0.25, -0.2) is 0 Å². The monoisotopic (exact) mass is 373 g/mol. The molecule has 0 fully saturated rings. The third-order valence-electron chi connectivity index (χ3n) is 3.83. The van der Waals surface area contributed by atoms with E-state index in [2.05, 4.69) is 5.32 Å². The van der Waals surface area contributed by atoms with Crippen LogP contribution in [0.1, 0.15) is 28.8 Å². The Kier molecular flexibility index (Phi) is 7.49. The maximum absolute atomic E-state index is 12.3. The zero-order chi connectivity index (χ0) is 19.6. The highest BCUT2D eigenvalue weighted by Gasteiger charge is 2.10. The van der Waals surface area contributed by atoms with Crippen LogP contribution in [0.15, 0.2) is 42.5 Å². The Hall–Kier alpha value is -3.22. The van der Waals surface area contributed by atoms with Crippen LogP contribution < -0.4 is 19.5 Å². The smallest absolute Gasteiger partial charge is 0.303 e. The van der Waals surface area contributed by atoms with Crippen LogP contribution >= 0.6 is 0 Å².